The summed E-state index contributed by atoms with van der Waals surface area (Å²) in [5, 5.41) is 8.62. The summed E-state index contributed by atoms with van der Waals surface area (Å²) in [5.41, 5.74) is 4.78. The van der Waals surface area contributed by atoms with E-state index in [4.69, 9.17) is 14.5 Å². The summed E-state index contributed by atoms with van der Waals surface area (Å²) in [6, 6.07) is 15.4. The number of carbonyl (C=O) groups is 1. The molecule has 2 aromatic heterocycles. The number of hydrogen-bond donors (Lipinski definition) is 1. The van der Waals surface area contributed by atoms with Crippen LogP contribution in [0.25, 0.3) is 16.6 Å². The first-order valence-electron chi connectivity index (χ1n) is 10.3. The lowest BCUT2D eigenvalue weighted by Crippen LogP contribution is -2.28. The first-order chi connectivity index (χ1) is 15.1. The van der Waals surface area contributed by atoms with Crippen LogP contribution < -0.4 is 14.8 Å². The van der Waals surface area contributed by atoms with E-state index >= 15 is 0 Å². The van der Waals surface area contributed by atoms with Crippen molar-refractivity contribution in [1.29, 1.82) is 0 Å². The Bertz CT molecular complexity index is 1230. The number of rotatable bonds is 8. The SMILES string of the molecule is COc1ccccc1OCCNC(=O)CCc1c(C)nc2c3ccccc3nn2c1C. The Labute approximate surface area is 181 Å². The zero-order valence-electron chi connectivity index (χ0n) is 18.0. The molecule has 2 aromatic carbocycles. The first-order valence-corrected chi connectivity index (χ1v) is 10.3. The van der Waals surface area contributed by atoms with Crippen molar-refractivity contribution in [3.8, 4) is 11.5 Å². The third kappa shape index (κ3) is 4.30. The Morgan fingerprint density at radius 3 is 2.61 bits per heavy atom. The van der Waals surface area contributed by atoms with Crippen LogP contribution in [0.2, 0.25) is 0 Å². The molecule has 4 aromatic rings. The number of methoxy groups -OCH3 is 1. The van der Waals surface area contributed by atoms with Crippen LogP contribution in [0.15, 0.2) is 48.5 Å². The van der Waals surface area contributed by atoms with Gasteiger partial charge in [0.1, 0.15) is 6.61 Å². The standard InChI is InChI=1S/C24H26N4O3/c1-16-18(17(2)28-24(26-16)19-8-4-5-9-20(19)27-28)12-13-23(29)25-14-15-31-22-11-7-6-10-21(22)30-3/h4-11H,12-15H2,1-3H3,(H,25,29). The summed E-state index contributed by atoms with van der Waals surface area (Å²) >= 11 is 0. The van der Waals surface area contributed by atoms with Crippen LogP contribution in [0, 0.1) is 13.8 Å². The molecule has 0 fully saturated rings. The molecule has 1 N–H and O–H groups in total. The van der Waals surface area contributed by atoms with Crippen molar-refractivity contribution < 1.29 is 14.3 Å². The number of hydrogen-bond acceptors (Lipinski definition) is 5. The summed E-state index contributed by atoms with van der Waals surface area (Å²) in [6.07, 6.45) is 0.986. The number of benzene rings is 2. The molecule has 0 aliphatic carbocycles. The lowest BCUT2D eigenvalue weighted by Gasteiger charge is -2.12. The molecule has 0 aliphatic heterocycles. The summed E-state index contributed by atoms with van der Waals surface area (Å²) in [7, 11) is 1.60. The molecule has 0 spiro atoms. The minimum Gasteiger partial charge on any atom is -0.493 e. The number of ether oxygens (including phenoxy) is 2. The van der Waals surface area contributed by atoms with Gasteiger partial charge in [-0.25, -0.2) is 9.50 Å². The van der Waals surface area contributed by atoms with E-state index in [0.717, 1.165) is 33.5 Å². The Morgan fingerprint density at radius 2 is 1.81 bits per heavy atom. The number of nitrogens with one attached hydrogen (secondary N) is 1. The van der Waals surface area contributed by atoms with Gasteiger partial charge in [-0.3, -0.25) is 4.79 Å². The summed E-state index contributed by atoms with van der Waals surface area (Å²) in [6.45, 7) is 4.82. The van der Waals surface area contributed by atoms with Gasteiger partial charge in [-0.1, -0.05) is 24.3 Å². The van der Waals surface area contributed by atoms with Crippen LogP contribution in [0.5, 0.6) is 11.5 Å². The van der Waals surface area contributed by atoms with Gasteiger partial charge in [0.05, 0.1) is 19.2 Å². The molecule has 1 amide bonds. The Hall–Kier alpha value is -3.61. The number of para-hydroxylation sites is 2. The molecule has 0 aliphatic rings. The van der Waals surface area contributed by atoms with E-state index in [1.165, 1.54) is 0 Å². The van der Waals surface area contributed by atoms with Crippen LogP contribution in [0.1, 0.15) is 23.4 Å². The van der Waals surface area contributed by atoms with Gasteiger partial charge < -0.3 is 14.8 Å². The van der Waals surface area contributed by atoms with E-state index in [9.17, 15) is 4.79 Å². The van der Waals surface area contributed by atoms with Crippen LogP contribution >= 0.6 is 0 Å². The van der Waals surface area contributed by atoms with Crippen molar-refractivity contribution in [2.75, 3.05) is 20.3 Å². The van der Waals surface area contributed by atoms with Crippen molar-refractivity contribution in [2.24, 2.45) is 0 Å². The molecule has 0 bridgehead atoms. The third-order valence-corrected chi connectivity index (χ3v) is 5.37. The van der Waals surface area contributed by atoms with Crippen molar-refractivity contribution in [2.45, 2.75) is 26.7 Å². The van der Waals surface area contributed by atoms with Crippen LogP contribution in [0.3, 0.4) is 0 Å². The number of carbonyl (C=O) groups excluding carboxylic acids is 1. The Balaban J connectivity index is 1.35. The average Bonchev–Trinajstić information content (AvgIpc) is 3.15. The second-order valence-electron chi connectivity index (χ2n) is 7.36. The normalized spacial score (nSPS) is 11.1. The Kier molecular flexibility index (Phi) is 6.02. The fourth-order valence-corrected chi connectivity index (χ4v) is 3.75. The third-order valence-electron chi connectivity index (χ3n) is 5.37. The number of nitrogens with zero attached hydrogens (tertiary/aromatic N) is 3. The predicted octanol–water partition coefficient (Wildman–Crippen LogP) is 3.64. The molecule has 2 heterocycles. The summed E-state index contributed by atoms with van der Waals surface area (Å²) < 4.78 is 12.8. The van der Waals surface area contributed by atoms with Gasteiger partial charge in [0.2, 0.25) is 5.91 Å². The molecular weight excluding hydrogens is 392 g/mol. The lowest BCUT2D eigenvalue weighted by molar-refractivity contribution is -0.121. The predicted molar refractivity (Wildman–Crippen MR) is 120 cm³/mol. The monoisotopic (exact) mass is 418 g/mol. The van der Waals surface area contributed by atoms with Crippen molar-refractivity contribution in [1.82, 2.24) is 19.9 Å². The van der Waals surface area contributed by atoms with Gasteiger partial charge in [-0.15, -0.1) is 0 Å². The molecule has 31 heavy (non-hydrogen) atoms. The van der Waals surface area contributed by atoms with Crippen molar-refractivity contribution in [3.05, 3.63) is 65.5 Å². The zero-order chi connectivity index (χ0) is 21.8. The molecular formula is C24H26N4O3. The highest BCUT2D eigenvalue weighted by atomic mass is 16.5. The number of aromatic nitrogens is 3. The molecule has 0 saturated carbocycles. The van der Waals surface area contributed by atoms with Crippen LogP contribution in [-0.4, -0.2) is 40.8 Å². The van der Waals surface area contributed by atoms with E-state index in [1.54, 1.807) is 7.11 Å². The second kappa shape index (κ2) is 9.04. The van der Waals surface area contributed by atoms with Gasteiger partial charge >= 0.3 is 0 Å². The number of aryl methyl sites for hydroxylation is 2. The summed E-state index contributed by atoms with van der Waals surface area (Å²) in [4.78, 5) is 17.1. The van der Waals surface area contributed by atoms with E-state index < -0.39 is 0 Å². The van der Waals surface area contributed by atoms with Gasteiger partial charge in [0.15, 0.2) is 17.1 Å². The smallest absolute Gasteiger partial charge is 0.220 e. The van der Waals surface area contributed by atoms with Crippen molar-refractivity contribution >= 4 is 22.5 Å². The maximum absolute atomic E-state index is 12.3. The van der Waals surface area contributed by atoms with Gasteiger partial charge in [-0.2, -0.15) is 5.10 Å². The molecule has 0 radical (unpaired) electrons. The maximum atomic E-state index is 12.3. The quantitative estimate of drug-likeness (QED) is 0.442. The van der Waals surface area contributed by atoms with E-state index in [0.29, 0.717) is 37.5 Å². The van der Waals surface area contributed by atoms with Gasteiger partial charge in [0, 0.05) is 23.2 Å². The highest BCUT2D eigenvalue weighted by Crippen LogP contribution is 2.25. The zero-order valence-corrected chi connectivity index (χ0v) is 18.0. The van der Waals surface area contributed by atoms with Gasteiger partial charge in [-0.05, 0) is 50.1 Å². The minimum atomic E-state index is -0.0202. The maximum Gasteiger partial charge on any atom is 0.220 e. The number of fused-ring (bicyclic) bond motifs is 3. The summed E-state index contributed by atoms with van der Waals surface area (Å²) in [5.74, 6) is 1.32. The number of amides is 1. The first kappa shape index (κ1) is 20.7. The van der Waals surface area contributed by atoms with Crippen LogP contribution in [-0.2, 0) is 11.2 Å². The fraction of sp³-hybridized carbons (Fsp3) is 0.292. The van der Waals surface area contributed by atoms with Crippen molar-refractivity contribution in [3.63, 3.8) is 0 Å². The topological polar surface area (TPSA) is 77.8 Å². The van der Waals surface area contributed by atoms with E-state index in [1.807, 2.05) is 66.9 Å². The average molecular weight is 418 g/mol. The molecule has 0 unspecified atom stereocenters. The van der Waals surface area contributed by atoms with E-state index in [2.05, 4.69) is 10.4 Å². The van der Waals surface area contributed by atoms with Crippen LogP contribution in [0.4, 0.5) is 0 Å². The lowest BCUT2D eigenvalue weighted by atomic mass is 10.1. The van der Waals surface area contributed by atoms with Gasteiger partial charge in [0.25, 0.3) is 0 Å². The van der Waals surface area contributed by atoms with E-state index in [-0.39, 0.29) is 5.91 Å². The molecule has 160 valence electrons. The minimum absolute atomic E-state index is 0.0202. The molecule has 7 heteroatoms. The molecule has 4 rings (SSSR count). The highest BCUT2D eigenvalue weighted by molar-refractivity contribution is 5.92. The highest BCUT2D eigenvalue weighted by Gasteiger charge is 2.15. The second-order valence-corrected chi connectivity index (χ2v) is 7.36. The largest absolute Gasteiger partial charge is 0.493 e. The molecule has 0 saturated heterocycles. The Morgan fingerprint density at radius 1 is 1.06 bits per heavy atom. The fourth-order valence-electron chi connectivity index (χ4n) is 3.75. The molecule has 7 nitrogen and oxygen atoms in total. The molecule has 0 atom stereocenters.